The maximum atomic E-state index is 12.8. The summed E-state index contributed by atoms with van der Waals surface area (Å²) < 4.78 is 34.8. The average Bonchev–Trinajstić information content (AvgIpc) is 3.49. The molecule has 5 rings (SSSR count). The largest absolute Gasteiger partial charge is 0.493 e. The number of amides is 1. The zero-order chi connectivity index (χ0) is 28.1. The molecule has 0 spiro atoms. The van der Waals surface area contributed by atoms with E-state index in [-0.39, 0.29) is 24.3 Å². The number of aromatic nitrogens is 3. The van der Waals surface area contributed by atoms with E-state index in [0.29, 0.717) is 34.6 Å². The van der Waals surface area contributed by atoms with E-state index in [9.17, 15) is 13.2 Å². The minimum absolute atomic E-state index is 0.00896. The standard InChI is InChI=1S/C28H36N6O5S/c1-38-25-15-20(7-8-24(25)39-21-9-12-34(13-10-21)28(35)19-5-3-4-6-19)33-27-22-16-26(29-11-14-40(2,36)37)30-17-23(22)31-18-32-27/h7-8,15-19,21H,3-6,9-14H2,1-2H3,(H,29,30)(H,31,32,33). The molecule has 0 bridgehead atoms. The first kappa shape index (κ1) is 27.9. The highest BCUT2D eigenvalue weighted by Gasteiger charge is 2.30. The van der Waals surface area contributed by atoms with Gasteiger partial charge in [0.1, 0.15) is 33.9 Å². The van der Waals surface area contributed by atoms with E-state index in [0.717, 1.165) is 62.7 Å². The van der Waals surface area contributed by atoms with Gasteiger partial charge in [-0.1, -0.05) is 12.8 Å². The number of sulfone groups is 1. The monoisotopic (exact) mass is 568 g/mol. The Hall–Kier alpha value is -3.67. The molecule has 2 aliphatic rings. The van der Waals surface area contributed by atoms with Gasteiger partial charge in [0.2, 0.25) is 5.91 Å². The Morgan fingerprint density at radius 2 is 1.82 bits per heavy atom. The number of carbonyl (C=O) groups excluding carboxylic acids is 1. The number of fused-ring (bicyclic) bond motifs is 1. The zero-order valence-electron chi connectivity index (χ0n) is 22.9. The molecule has 0 unspecified atom stereocenters. The molecule has 40 heavy (non-hydrogen) atoms. The fourth-order valence-corrected chi connectivity index (χ4v) is 5.78. The molecular weight excluding hydrogens is 532 g/mol. The number of pyridine rings is 1. The van der Waals surface area contributed by atoms with Crippen molar-refractivity contribution in [3.63, 3.8) is 0 Å². The number of likely N-dealkylation sites (tertiary alicyclic amines) is 1. The molecule has 12 heteroatoms. The molecule has 1 saturated heterocycles. The van der Waals surface area contributed by atoms with Crippen LogP contribution in [0.15, 0.2) is 36.8 Å². The lowest BCUT2D eigenvalue weighted by atomic mass is 10.0. The summed E-state index contributed by atoms with van der Waals surface area (Å²) in [6.07, 6.45) is 10.3. The molecule has 2 fully saturated rings. The van der Waals surface area contributed by atoms with Gasteiger partial charge in [0.05, 0.1) is 24.6 Å². The summed E-state index contributed by atoms with van der Waals surface area (Å²) in [6.45, 7) is 1.70. The van der Waals surface area contributed by atoms with Gasteiger partial charge < -0.3 is 25.0 Å². The number of benzene rings is 1. The predicted octanol–water partition coefficient (Wildman–Crippen LogP) is 3.79. The molecule has 11 nitrogen and oxygen atoms in total. The fraction of sp³-hybridized carbons (Fsp3) is 0.500. The van der Waals surface area contributed by atoms with Gasteiger partial charge in [-0.3, -0.25) is 4.79 Å². The van der Waals surface area contributed by atoms with Crippen LogP contribution in [0.3, 0.4) is 0 Å². The lowest BCUT2D eigenvalue weighted by Crippen LogP contribution is -2.44. The molecule has 2 N–H and O–H groups in total. The van der Waals surface area contributed by atoms with E-state index in [1.54, 1.807) is 19.4 Å². The normalized spacial score (nSPS) is 16.7. The number of piperidine rings is 1. The molecular formula is C28H36N6O5S. The first-order valence-corrected chi connectivity index (χ1v) is 15.8. The van der Waals surface area contributed by atoms with Gasteiger partial charge >= 0.3 is 0 Å². The van der Waals surface area contributed by atoms with E-state index >= 15 is 0 Å². The summed E-state index contributed by atoms with van der Waals surface area (Å²) >= 11 is 0. The first-order chi connectivity index (χ1) is 19.3. The number of ether oxygens (including phenoxy) is 2. The molecule has 0 radical (unpaired) electrons. The fourth-order valence-electron chi connectivity index (χ4n) is 5.30. The van der Waals surface area contributed by atoms with Crippen molar-refractivity contribution >= 4 is 44.0 Å². The van der Waals surface area contributed by atoms with Gasteiger partial charge in [-0.25, -0.2) is 23.4 Å². The van der Waals surface area contributed by atoms with Crippen LogP contribution in [0.4, 0.5) is 17.3 Å². The third kappa shape index (κ3) is 6.90. The van der Waals surface area contributed by atoms with E-state index < -0.39 is 9.84 Å². The van der Waals surface area contributed by atoms with Crippen molar-refractivity contribution in [2.75, 3.05) is 49.4 Å². The van der Waals surface area contributed by atoms with Gasteiger partial charge in [-0.15, -0.1) is 0 Å². The second-order valence-electron chi connectivity index (χ2n) is 10.5. The Labute approximate surface area is 234 Å². The van der Waals surface area contributed by atoms with Crippen LogP contribution >= 0.6 is 0 Å². The van der Waals surface area contributed by atoms with Gasteiger partial charge in [0, 0.05) is 61.8 Å². The van der Waals surface area contributed by atoms with Gasteiger partial charge in [0.25, 0.3) is 0 Å². The van der Waals surface area contributed by atoms with Gasteiger partial charge in [-0.05, 0) is 31.0 Å². The SMILES string of the molecule is COc1cc(Nc2ncnc3cnc(NCCS(C)(=O)=O)cc23)ccc1OC1CCN(C(=O)C2CCCC2)CC1. The maximum Gasteiger partial charge on any atom is 0.225 e. The maximum absolute atomic E-state index is 12.8. The molecule has 1 aliphatic heterocycles. The van der Waals surface area contributed by atoms with Crippen molar-refractivity contribution in [3.8, 4) is 11.5 Å². The van der Waals surface area contributed by atoms with Crippen molar-refractivity contribution < 1.29 is 22.7 Å². The van der Waals surface area contributed by atoms with Crippen molar-refractivity contribution in [2.24, 2.45) is 5.92 Å². The zero-order valence-corrected chi connectivity index (χ0v) is 23.7. The summed E-state index contributed by atoms with van der Waals surface area (Å²) in [4.78, 5) is 27.8. The molecule has 1 aliphatic carbocycles. The van der Waals surface area contributed by atoms with Gasteiger partial charge in [0.15, 0.2) is 11.5 Å². The summed E-state index contributed by atoms with van der Waals surface area (Å²) in [6, 6.07) is 7.42. The van der Waals surface area contributed by atoms with Crippen LogP contribution in [0.25, 0.3) is 10.9 Å². The number of methoxy groups -OCH3 is 1. The first-order valence-electron chi connectivity index (χ1n) is 13.7. The Morgan fingerprint density at radius 1 is 1.05 bits per heavy atom. The van der Waals surface area contributed by atoms with Crippen LogP contribution in [-0.2, 0) is 14.6 Å². The number of hydrogen-bond donors (Lipinski definition) is 2. The minimum Gasteiger partial charge on any atom is -0.493 e. The Bertz CT molecular complexity index is 1450. The Kier molecular flexibility index (Phi) is 8.53. The molecule has 1 amide bonds. The molecule has 1 saturated carbocycles. The summed E-state index contributed by atoms with van der Waals surface area (Å²) in [5.41, 5.74) is 1.40. The highest BCUT2D eigenvalue weighted by Crippen LogP contribution is 2.35. The quantitative estimate of drug-likeness (QED) is 0.372. The van der Waals surface area contributed by atoms with Crippen LogP contribution < -0.4 is 20.1 Å². The molecule has 3 aromatic rings. The molecule has 3 heterocycles. The molecule has 2 aromatic heterocycles. The second-order valence-corrected chi connectivity index (χ2v) is 12.7. The van der Waals surface area contributed by atoms with E-state index in [2.05, 4.69) is 25.6 Å². The summed E-state index contributed by atoms with van der Waals surface area (Å²) in [5, 5.41) is 7.10. The second kappa shape index (κ2) is 12.2. The third-order valence-corrected chi connectivity index (χ3v) is 8.42. The molecule has 214 valence electrons. The minimum atomic E-state index is -3.08. The van der Waals surface area contributed by atoms with Crippen LogP contribution in [-0.4, -0.2) is 79.0 Å². The summed E-state index contributed by atoms with van der Waals surface area (Å²) in [5.74, 6) is 2.90. The third-order valence-electron chi connectivity index (χ3n) is 7.48. The smallest absolute Gasteiger partial charge is 0.225 e. The predicted molar refractivity (Wildman–Crippen MR) is 154 cm³/mol. The van der Waals surface area contributed by atoms with Gasteiger partial charge in [-0.2, -0.15) is 0 Å². The Balaban J connectivity index is 1.23. The van der Waals surface area contributed by atoms with Crippen molar-refractivity contribution in [3.05, 3.63) is 36.8 Å². The van der Waals surface area contributed by atoms with Crippen LogP contribution in [0.2, 0.25) is 0 Å². The number of nitrogens with one attached hydrogen (secondary N) is 2. The van der Waals surface area contributed by atoms with E-state index in [4.69, 9.17) is 9.47 Å². The topological polar surface area (TPSA) is 136 Å². The van der Waals surface area contributed by atoms with Crippen LogP contribution in [0.5, 0.6) is 11.5 Å². The van der Waals surface area contributed by atoms with E-state index in [1.165, 1.54) is 12.6 Å². The number of hydrogen-bond acceptors (Lipinski definition) is 10. The Morgan fingerprint density at radius 3 is 2.55 bits per heavy atom. The number of carbonyl (C=O) groups is 1. The summed E-state index contributed by atoms with van der Waals surface area (Å²) in [7, 11) is -1.47. The number of nitrogens with zero attached hydrogens (tertiary/aromatic N) is 4. The van der Waals surface area contributed by atoms with Crippen LogP contribution in [0.1, 0.15) is 38.5 Å². The van der Waals surface area contributed by atoms with Crippen molar-refractivity contribution in [1.82, 2.24) is 19.9 Å². The van der Waals surface area contributed by atoms with Crippen molar-refractivity contribution in [1.29, 1.82) is 0 Å². The molecule has 1 aromatic carbocycles. The number of rotatable bonds is 10. The highest BCUT2D eigenvalue weighted by molar-refractivity contribution is 7.90. The lowest BCUT2D eigenvalue weighted by Gasteiger charge is -2.34. The lowest BCUT2D eigenvalue weighted by molar-refractivity contribution is -0.137. The van der Waals surface area contributed by atoms with Crippen molar-refractivity contribution in [2.45, 2.75) is 44.6 Å². The highest BCUT2D eigenvalue weighted by atomic mass is 32.2. The van der Waals surface area contributed by atoms with Crippen LogP contribution in [0, 0.1) is 5.92 Å². The average molecular weight is 569 g/mol. The molecule has 0 atom stereocenters. The van der Waals surface area contributed by atoms with E-state index in [1.807, 2.05) is 23.1 Å². The number of anilines is 3.